The number of nitrogens with zero attached hydrogens (tertiary/aromatic N) is 2. The van der Waals surface area contributed by atoms with E-state index in [1.165, 1.54) is 5.01 Å². The fourth-order valence-electron chi connectivity index (χ4n) is 4.95. The lowest BCUT2D eigenvalue weighted by Gasteiger charge is -2.35. The van der Waals surface area contributed by atoms with Crippen molar-refractivity contribution in [2.24, 2.45) is 5.92 Å². The highest BCUT2D eigenvalue weighted by Gasteiger charge is 2.34. The summed E-state index contributed by atoms with van der Waals surface area (Å²) in [5.74, 6) is -2.34. The second kappa shape index (κ2) is 14.2. The maximum atomic E-state index is 13.3. The van der Waals surface area contributed by atoms with Gasteiger partial charge in [0, 0.05) is 11.9 Å². The predicted octanol–water partition coefficient (Wildman–Crippen LogP) is 2.78. The van der Waals surface area contributed by atoms with E-state index < -0.39 is 41.6 Å². The normalized spacial score (nSPS) is 26.8. The smallest absolute Gasteiger partial charge is 0.332 e. The van der Waals surface area contributed by atoms with Gasteiger partial charge in [-0.2, -0.15) is 0 Å². The molecule has 3 heterocycles. The molecule has 238 valence electrons. The molecule has 0 radical (unpaired) electrons. The van der Waals surface area contributed by atoms with Crippen LogP contribution >= 0.6 is 0 Å². The number of esters is 1. The van der Waals surface area contributed by atoms with E-state index in [0.29, 0.717) is 25.1 Å². The summed E-state index contributed by atoms with van der Waals surface area (Å²) >= 11 is 0. The molecule has 12 heteroatoms. The average Bonchev–Trinajstić information content (AvgIpc) is 2.99. The monoisotopic (exact) mass is 609 g/mol. The summed E-state index contributed by atoms with van der Waals surface area (Å²) < 4.78 is 16.9. The molecule has 1 aromatic heterocycles. The number of carbonyl (C=O) groups excluding carboxylic acids is 4. The Balaban J connectivity index is 1.58. The molecule has 2 aliphatic rings. The molecule has 2 aromatic rings. The number of ether oxygens (including phenoxy) is 3. The number of fused-ring (bicyclic) bond motifs is 4. The number of amides is 3. The van der Waals surface area contributed by atoms with E-state index in [-0.39, 0.29) is 31.1 Å². The van der Waals surface area contributed by atoms with Crippen molar-refractivity contribution >= 4 is 40.7 Å². The summed E-state index contributed by atoms with van der Waals surface area (Å²) in [6, 6.07) is 7.73. The maximum Gasteiger partial charge on any atom is 0.332 e. The van der Waals surface area contributed by atoms with Crippen LogP contribution in [0.3, 0.4) is 0 Å². The Morgan fingerprint density at radius 1 is 1.00 bits per heavy atom. The van der Waals surface area contributed by atoms with E-state index in [2.05, 4.69) is 16.1 Å². The first kappa shape index (κ1) is 32.9. The molecule has 3 amide bonds. The summed E-state index contributed by atoms with van der Waals surface area (Å²) in [6.45, 7) is 10.6. The highest BCUT2D eigenvalue weighted by atomic mass is 16.6. The van der Waals surface area contributed by atoms with Crippen molar-refractivity contribution in [2.75, 3.05) is 19.8 Å². The van der Waals surface area contributed by atoms with Gasteiger partial charge in [-0.15, -0.1) is 0 Å². The third kappa shape index (κ3) is 8.54. The number of pyridine rings is 1. The van der Waals surface area contributed by atoms with Crippen LogP contribution in [0.15, 0.2) is 36.6 Å². The quantitative estimate of drug-likeness (QED) is 0.415. The largest absolute Gasteiger partial charge is 0.498 e. The summed E-state index contributed by atoms with van der Waals surface area (Å²) in [7, 11) is 0. The molecular formula is C32H43N5O7. The van der Waals surface area contributed by atoms with Crippen LogP contribution in [0, 0.1) is 5.92 Å². The van der Waals surface area contributed by atoms with E-state index in [4.69, 9.17) is 19.2 Å². The molecule has 3 N–H and O–H groups in total. The average molecular weight is 610 g/mol. The van der Waals surface area contributed by atoms with Gasteiger partial charge in [-0.3, -0.25) is 24.4 Å². The van der Waals surface area contributed by atoms with E-state index >= 15 is 0 Å². The lowest BCUT2D eigenvalue weighted by atomic mass is 10.1. The van der Waals surface area contributed by atoms with Crippen LogP contribution in [0.2, 0.25) is 0 Å². The van der Waals surface area contributed by atoms with Crippen molar-refractivity contribution in [3.05, 3.63) is 47.9 Å². The Morgan fingerprint density at radius 2 is 1.73 bits per heavy atom. The Labute approximate surface area is 257 Å². The molecule has 2 aliphatic heterocycles. The second-order valence-electron chi connectivity index (χ2n) is 12.3. The number of benzene rings is 1. The highest BCUT2D eigenvalue weighted by Crippen LogP contribution is 2.20. The molecule has 44 heavy (non-hydrogen) atoms. The fraction of sp³-hybridized carbons (Fsp3) is 0.531. The zero-order chi connectivity index (χ0) is 32.0. The van der Waals surface area contributed by atoms with E-state index in [1.54, 1.807) is 47.0 Å². The molecule has 1 fully saturated rings. The summed E-state index contributed by atoms with van der Waals surface area (Å²) in [5, 5.41) is 7.98. The van der Waals surface area contributed by atoms with Crippen molar-refractivity contribution in [1.82, 2.24) is 26.1 Å². The fourth-order valence-corrected chi connectivity index (χ4v) is 4.95. The maximum absolute atomic E-state index is 13.3. The molecule has 1 aromatic carbocycles. The zero-order valence-electron chi connectivity index (χ0n) is 26.2. The van der Waals surface area contributed by atoms with Crippen LogP contribution in [0.1, 0.15) is 71.7 Å². The van der Waals surface area contributed by atoms with Crippen LogP contribution in [0.4, 0.5) is 0 Å². The zero-order valence-corrected chi connectivity index (χ0v) is 26.2. The van der Waals surface area contributed by atoms with Crippen LogP contribution in [0.25, 0.3) is 17.0 Å². The molecule has 0 spiro atoms. The minimum absolute atomic E-state index is 0.156. The second-order valence-corrected chi connectivity index (χ2v) is 12.3. The van der Waals surface area contributed by atoms with Crippen LogP contribution < -0.4 is 16.1 Å². The van der Waals surface area contributed by atoms with Gasteiger partial charge in [0.15, 0.2) is 6.10 Å². The topological polar surface area (TPSA) is 148 Å². The van der Waals surface area contributed by atoms with Crippen molar-refractivity contribution < 1.29 is 33.4 Å². The number of cyclic esters (lactones) is 1. The lowest BCUT2D eigenvalue weighted by molar-refractivity contribution is -0.168. The first-order valence-electron chi connectivity index (χ1n) is 15.0. The molecule has 12 nitrogen and oxygen atoms in total. The van der Waals surface area contributed by atoms with E-state index in [0.717, 1.165) is 16.5 Å². The molecule has 4 atom stereocenters. The molecule has 5 bridgehead atoms. The van der Waals surface area contributed by atoms with Gasteiger partial charge in [-0.05, 0) is 70.2 Å². The first-order chi connectivity index (χ1) is 20.8. The first-order valence-corrected chi connectivity index (χ1v) is 15.0. The van der Waals surface area contributed by atoms with Crippen molar-refractivity contribution in [3.8, 4) is 0 Å². The molecule has 0 aliphatic carbocycles. The Bertz CT molecular complexity index is 1410. The molecular weight excluding hydrogens is 566 g/mol. The minimum Gasteiger partial charge on any atom is -0.498 e. The van der Waals surface area contributed by atoms with E-state index in [1.807, 2.05) is 37.3 Å². The molecule has 2 unspecified atom stereocenters. The number of hydrazine groups is 1. The van der Waals surface area contributed by atoms with Crippen molar-refractivity contribution in [1.29, 1.82) is 0 Å². The third-order valence-corrected chi connectivity index (χ3v) is 7.53. The lowest BCUT2D eigenvalue weighted by Crippen LogP contribution is -2.61. The molecule has 4 rings (SSSR count). The standard InChI is InChI=1S/C32H43N5O7/c1-19(2)28-30(40)34-21(4)31(41)37-14-7-8-25(36-37)29(39)33-20(3)24-12-11-23-10-9-22(16-26(23)35-24)13-15-42-18-32(5,6)43-17-27(38)44-28/h9-13,15-16,19-21,25,28,36H,7-8,14,17-18H2,1-6H3,(H,33,39)(H,34,40)/b15-13+/t20-,21+,25?,28?/m1/s1. The van der Waals surface area contributed by atoms with Gasteiger partial charge in [-0.1, -0.05) is 32.0 Å². The van der Waals surface area contributed by atoms with Gasteiger partial charge in [-0.25, -0.2) is 10.2 Å². The molecule has 1 saturated heterocycles. The van der Waals surface area contributed by atoms with E-state index in [9.17, 15) is 19.2 Å². The number of hydrogen-bond donors (Lipinski definition) is 3. The summed E-state index contributed by atoms with van der Waals surface area (Å²) in [5.41, 5.74) is 4.52. The van der Waals surface area contributed by atoms with Gasteiger partial charge < -0.3 is 24.8 Å². The van der Waals surface area contributed by atoms with Gasteiger partial charge in [0.25, 0.3) is 11.8 Å². The van der Waals surface area contributed by atoms with Crippen LogP contribution in [-0.2, 0) is 33.4 Å². The Morgan fingerprint density at radius 3 is 2.48 bits per heavy atom. The number of rotatable bonds is 1. The van der Waals surface area contributed by atoms with Crippen molar-refractivity contribution in [2.45, 2.75) is 84.2 Å². The van der Waals surface area contributed by atoms with Gasteiger partial charge in [0.1, 0.15) is 25.3 Å². The number of hydrogen-bond acceptors (Lipinski definition) is 9. The molecule has 0 saturated carbocycles. The van der Waals surface area contributed by atoms with Gasteiger partial charge >= 0.3 is 5.97 Å². The minimum atomic E-state index is -1.13. The summed E-state index contributed by atoms with van der Waals surface area (Å²) in [4.78, 5) is 57.0. The van der Waals surface area contributed by atoms with Crippen LogP contribution in [-0.4, -0.2) is 77.2 Å². The van der Waals surface area contributed by atoms with Gasteiger partial charge in [0.2, 0.25) is 5.91 Å². The Hall–Kier alpha value is -4.03. The predicted molar refractivity (Wildman–Crippen MR) is 164 cm³/mol. The number of carbonyl (C=O) groups is 4. The Kier molecular flexibility index (Phi) is 10.6. The number of nitrogens with one attached hydrogen (secondary N) is 3. The summed E-state index contributed by atoms with van der Waals surface area (Å²) in [6.07, 6.45) is 3.37. The SMILES string of the molecule is CC(C)C1OC(=O)COC(C)(C)CO/C=C/c2ccc3ccc(nc3c2)[C@@H](C)NC(=O)C2CCCN(N2)C(=O)[C@H](C)NC1=O. The van der Waals surface area contributed by atoms with Gasteiger partial charge in [0.05, 0.1) is 29.1 Å². The third-order valence-electron chi connectivity index (χ3n) is 7.53. The van der Waals surface area contributed by atoms with Crippen molar-refractivity contribution in [3.63, 3.8) is 0 Å². The number of aromatic nitrogens is 1. The highest BCUT2D eigenvalue weighted by molar-refractivity contribution is 5.91. The van der Waals surface area contributed by atoms with Crippen LogP contribution in [0.5, 0.6) is 0 Å².